The van der Waals surface area contributed by atoms with Gasteiger partial charge in [-0.25, -0.2) is 9.38 Å². The predicted molar refractivity (Wildman–Crippen MR) is 129 cm³/mol. The van der Waals surface area contributed by atoms with Crippen LogP contribution in [0.1, 0.15) is 5.56 Å². The second-order valence-corrected chi connectivity index (χ2v) is 8.01. The molecule has 0 spiro atoms. The first kappa shape index (κ1) is 23.2. The number of para-hydroxylation sites is 3. The summed E-state index contributed by atoms with van der Waals surface area (Å²) >= 11 is 0. The van der Waals surface area contributed by atoms with E-state index >= 15 is 0 Å². The van der Waals surface area contributed by atoms with Crippen molar-refractivity contribution in [2.45, 2.75) is 12.7 Å². The van der Waals surface area contributed by atoms with Crippen molar-refractivity contribution in [2.24, 2.45) is 0 Å². The Morgan fingerprint density at radius 1 is 0.972 bits per heavy atom. The van der Waals surface area contributed by atoms with Crippen molar-refractivity contribution in [3.05, 3.63) is 94.8 Å². The number of rotatable bonds is 5. The third-order valence-electron chi connectivity index (χ3n) is 5.75. The molecule has 36 heavy (non-hydrogen) atoms. The van der Waals surface area contributed by atoms with E-state index in [9.17, 15) is 22.8 Å². The van der Waals surface area contributed by atoms with E-state index < -0.39 is 17.6 Å². The van der Waals surface area contributed by atoms with Gasteiger partial charge in [0.05, 0.1) is 35.1 Å². The maximum Gasteiger partial charge on any atom is 0.418 e. The van der Waals surface area contributed by atoms with Gasteiger partial charge >= 0.3 is 6.18 Å². The number of carbonyl (C=O) groups is 1. The van der Waals surface area contributed by atoms with E-state index in [0.717, 1.165) is 6.07 Å². The first-order chi connectivity index (χ1) is 17.3. The quantitative estimate of drug-likeness (QED) is 0.375. The summed E-state index contributed by atoms with van der Waals surface area (Å²) in [6.45, 7) is -0.359. The van der Waals surface area contributed by atoms with Crippen molar-refractivity contribution >= 4 is 28.4 Å². The van der Waals surface area contributed by atoms with Crippen molar-refractivity contribution in [2.75, 3.05) is 12.4 Å². The zero-order valence-corrected chi connectivity index (χ0v) is 18.9. The maximum absolute atomic E-state index is 13.4. The number of aromatic nitrogens is 3. The molecule has 2 aromatic heterocycles. The Hall–Kier alpha value is -4.60. The van der Waals surface area contributed by atoms with Crippen LogP contribution in [0.3, 0.4) is 0 Å². The molecular weight excluding hydrogens is 473 g/mol. The molecular formula is C26H19F3N4O3. The fourth-order valence-electron chi connectivity index (χ4n) is 4.11. The van der Waals surface area contributed by atoms with Crippen LogP contribution < -0.4 is 15.6 Å². The van der Waals surface area contributed by atoms with Crippen LogP contribution in [0.5, 0.6) is 5.75 Å². The number of hydrogen-bond donors (Lipinski definition) is 1. The SMILES string of the molecule is COc1ccc(-c2cc(=O)n3c4ccccc4n(CC(=O)Nc4ccccc4C(F)(F)F)c3n2)cc1. The standard InChI is InChI=1S/C26H19F3N4O3/c1-36-17-12-10-16(11-13-17)20-14-24(35)33-22-9-5-4-8-21(22)32(25(33)31-20)15-23(34)30-19-7-3-2-6-18(19)26(27,28)29/h2-14H,15H2,1H3,(H,30,34). The van der Waals surface area contributed by atoms with E-state index in [4.69, 9.17) is 4.74 Å². The second-order valence-electron chi connectivity index (χ2n) is 8.01. The average molecular weight is 492 g/mol. The van der Waals surface area contributed by atoms with Crippen molar-refractivity contribution in [1.82, 2.24) is 14.0 Å². The van der Waals surface area contributed by atoms with Gasteiger partial charge in [-0.05, 0) is 48.5 Å². The minimum atomic E-state index is -4.63. The third-order valence-corrected chi connectivity index (χ3v) is 5.75. The number of nitrogens with zero attached hydrogens (tertiary/aromatic N) is 3. The highest BCUT2D eigenvalue weighted by molar-refractivity contribution is 5.93. The highest BCUT2D eigenvalue weighted by atomic mass is 19.4. The number of benzene rings is 3. The van der Waals surface area contributed by atoms with E-state index in [1.54, 1.807) is 55.6 Å². The molecule has 0 fully saturated rings. The molecule has 10 heteroatoms. The molecule has 0 aliphatic rings. The molecule has 0 aliphatic carbocycles. The second kappa shape index (κ2) is 8.88. The molecule has 7 nitrogen and oxygen atoms in total. The minimum absolute atomic E-state index is 0.189. The van der Waals surface area contributed by atoms with Crippen LogP contribution in [0.15, 0.2) is 83.7 Å². The van der Waals surface area contributed by atoms with Crippen LogP contribution in [0, 0.1) is 0 Å². The molecule has 0 saturated heterocycles. The summed E-state index contributed by atoms with van der Waals surface area (Å²) < 4.78 is 48.2. The van der Waals surface area contributed by atoms with Gasteiger partial charge in [0.25, 0.3) is 5.56 Å². The molecule has 3 aromatic carbocycles. The summed E-state index contributed by atoms with van der Waals surface area (Å²) in [6.07, 6.45) is -4.63. The van der Waals surface area contributed by atoms with Gasteiger partial charge in [0.1, 0.15) is 12.3 Å². The Kier molecular flexibility index (Phi) is 5.71. The molecule has 1 N–H and O–H groups in total. The van der Waals surface area contributed by atoms with Gasteiger partial charge in [-0.3, -0.25) is 9.59 Å². The van der Waals surface area contributed by atoms with E-state index in [1.165, 1.54) is 33.2 Å². The number of methoxy groups -OCH3 is 1. The number of imidazole rings is 1. The molecule has 0 atom stereocenters. The monoisotopic (exact) mass is 492 g/mol. The van der Waals surface area contributed by atoms with Crippen molar-refractivity contribution in [1.29, 1.82) is 0 Å². The smallest absolute Gasteiger partial charge is 0.418 e. The average Bonchev–Trinajstić information content (AvgIpc) is 3.17. The summed E-state index contributed by atoms with van der Waals surface area (Å²) in [7, 11) is 1.54. The molecule has 0 bridgehead atoms. The van der Waals surface area contributed by atoms with E-state index in [0.29, 0.717) is 28.0 Å². The van der Waals surface area contributed by atoms with Gasteiger partial charge in [0.2, 0.25) is 11.7 Å². The van der Waals surface area contributed by atoms with Crippen LogP contribution >= 0.6 is 0 Å². The van der Waals surface area contributed by atoms with Crippen LogP contribution in [-0.2, 0) is 17.5 Å². The fraction of sp³-hybridized carbons (Fsp3) is 0.115. The molecule has 0 unspecified atom stereocenters. The topological polar surface area (TPSA) is 77.6 Å². The number of carbonyl (C=O) groups excluding carboxylic acids is 1. The summed E-state index contributed by atoms with van der Waals surface area (Å²) in [6, 6.07) is 20.0. The normalized spacial score (nSPS) is 11.7. The lowest BCUT2D eigenvalue weighted by Crippen LogP contribution is -2.22. The Morgan fingerprint density at radius 3 is 2.33 bits per heavy atom. The summed E-state index contributed by atoms with van der Waals surface area (Å²) in [5.74, 6) is 0.134. The van der Waals surface area contributed by atoms with Crippen molar-refractivity contribution in [3.63, 3.8) is 0 Å². The molecule has 5 rings (SSSR count). The van der Waals surface area contributed by atoms with Crippen molar-refractivity contribution in [3.8, 4) is 17.0 Å². The third kappa shape index (κ3) is 4.17. The number of nitrogens with one attached hydrogen (secondary N) is 1. The lowest BCUT2D eigenvalue weighted by Gasteiger charge is -2.14. The maximum atomic E-state index is 13.4. The summed E-state index contributed by atoms with van der Waals surface area (Å²) in [4.78, 5) is 30.7. The molecule has 0 radical (unpaired) electrons. The van der Waals surface area contributed by atoms with Crippen LogP contribution in [0.4, 0.5) is 18.9 Å². The lowest BCUT2D eigenvalue weighted by molar-refractivity contribution is -0.137. The molecule has 182 valence electrons. The number of halogens is 3. The molecule has 0 aliphatic heterocycles. The van der Waals surface area contributed by atoms with Gasteiger partial charge < -0.3 is 14.6 Å². The first-order valence-electron chi connectivity index (χ1n) is 10.9. The van der Waals surface area contributed by atoms with Crippen LogP contribution in [-0.4, -0.2) is 27.0 Å². The molecule has 5 aromatic rings. The van der Waals surface area contributed by atoms with Gasteiger partial charge in [-0.1, -0.05) is 24.3 Å². The molecule has 1 amide bonds. The molecule has 2 heterocycles. The Labute approximate surface area is 202 Å². The number of ether oxygens (including phenoxy) is 1. The van der Waals surface area contributed by atoms with Crippen molar-refractivity contribution < 1.29 is 22.7 Å². The minimum Gasteiger partial charge on any atom is -0.497 e. The van der Waals surface area contributed by atoms with Crippen LogP contribution in [0.2, 0.25) is 0 Å². The Bertz CT molecular complexity index is 1650. The number of fused-ring (bicyclic) bond motifs is 3. The molecule has 0 saturated carbocycles. The number of hydrogen-bond acceptors (Lipinski definition) is 4. The van der Waals surface area contributed by atoms with E-state index in [2.05, 4.69) is 10.3 Å². The number of amides is 1. The van der Waals surface area contributed by atoms with Gasteiger partial charge in [-0.15, -0.1) is 0 Å². The van der Waals surface area contributed by atoms with Gasteiger partial charge in [-0.2, -0.15) is 13.2 Å². The Balaban J connectivity index is 1.60. The fourth-order valence-corrected chi connectivity index (χ4v) is 4.11. The van der Waals surface area contributed by atoms with Gasteiger partial charge in [0, 0.05) is 11.6 Å². The highest BCUT2D eigenvalue weighted by Crippen LogP contribution is 2.34. The first-order valence-corrected chi connectivity index (χ1v) is 10.9. The largest absolute Gasteiger partial charge is 0.497 e. The highest BCUT2D eigenvalue weighted by Gasteiger charge is 2.33. The van der Waals surface area contributed by atoms with Gasteiger partial charge in [0.15, 0.2) is 0 Å². The van der Waals surface area contributed by atoms with E-state index in [-0.39, 0.29) is 23.6 Å². The summed E-state index contributed by atoms with van der Waals surface area (Å²) in [5, 5.41) is 2.35. The number of alkyl halides is 3. The zero-order valence-electron chi connectivity index (χ0n) is 18.9. The summed E-state index contributed by atoms with van der Waals surface area (Å²) in [5.41, 5.74) is 0.452. The zero-order chi connectivity index (χ0) is 25.4. The predicted octanol–water partition coefficient (Wildman–Crippen LogP) is 4.98. The number of anilines is 1. The Morgan fingerprint density at radius 2 is 1.64 bits per heavy atom. The van der Waals surface area contributed by atoms with E-state index in [1.807, 2.05) is 0 Å². The lowest BCUT2D eigenvalue weighted by atomic mass is 10.1. The van der Waals surface area contributed by atoms with Crippen LogP contribution in [0.25, 0.3) is 28.1 Å².